The van der Waals surface area contributed by atoms with Gasteiger partial charge in [-0.1, -0.05) is 38.0 Å². The average Bonchev–Trinajstić information content (AvgIpc) is 2.37. The third-order valence-electron chi connectivity index (χ3n) is 4.18. The summed E-state index contributed by atoms with van der Waals surface area (Å²) in [6.07, 6.45) is 4.89. The number of hydrogen-bond acceptors (Lipinski definition) is 2. The van der Waals surface area contributed by atoms with Crippen LogP contribution in [0.25, 0.3) is 0 Å². The van der Waals surface area contributed by atoms with E-state index in [-0.39, 0.29) is 10.8 Å². The molecule has 2 unspecified atom stereocenters. The van der Waals surface area contributed by atoms with Crippen LogP contribution in [-0.4, -0.2) is 18.1 Å². The first-order valence-corrected chi connectivity index (χ1v) is 7.24. The van der Waals surface area contributed by atoms with Crippen molar-refractivity contribution >= 4 is 22.9 Å². The van der Waals surface area contributed by atoms with Gasteiger partial charge in [-0.15, -0.1) is 0 Å². The van der Waals surface area contributed by atoms with Crippen molar-refractivity contribution < 1.29 is 4.39 Å². The fourth-order valence-corrected chi connectivity index (χ4v) is 3.30. The maximum absolute atomic E-state index is 13.9. The van der Waals surface area contributed by atoms with Gasteiger partial charge in [0.1, 0.15) is 10.8 Å². The molecule has 104 valence electrons. The van der Waals surface area contributed by atoms with E-state index >= 15 is 0 Å². The van der Waals surface area contributed by atoms with Crippen LogP contribution in [0, 0.1) is 11.7 Å². The molecule has 2 N–H and O–H groups in total. The molecule has 4 heteroatoms. The number of thiocarbonyl (C=S) groups is 1. The highest BCUT2D eigenvalue weighted by Crippen LogP contribution is 2.32. The summed E-state index contributed by atoms with van der Waals surface area (Å²) in [5.41, 5.74) is 6.87. The summed E-state index contributed by atoms with van der Waals surface area (Å²) < 4.78 is 13.9. The lowest BCUT2D eigenvalue weighted by Crippen LogP contribution is -2.40. The molecule has 0 saturated heterocycles. The van der Waals surface area contributed by atoms with Crippen molar-refractivity contribution in [3.8, 4) is 0 Å². The van der Waals surface area contributed by atoms with Crippen LogP contribution >= 0.6 is 12.2 Å². The average molecular weight is 280 g/mol. The Morgan fingerprint density at radius 2 is 2.05 bits per heavy atom. The molecule has 0 bridgehead atoms. The Morgan fingerprint density at radius 3 is 2.68 bits per heavy atom. The maximum Gasteiger partial charge on any atom is 0.135 e. The van der Waals surface area contributed by atoms with Gasteiger partial charge in [-0.2, -0.15) is 0 Å². The molecule has 0 heterocycles. The van der Waals surface area contributed by atoms with Gasteiger partial charge in [-0.3, -0.25) is 0 Å². The van der Waals surface area contributed by atoms with Crippen LogP contribution in [0.2, 0.25) is 0 Å². The fraction of sp³-hybridized carbons (Fsp3) is 0.533. The second-order valence-electron chi connectivity index (χ2n) is 5.44. The Labute approximate surface area is 119 Å². The van der Waals surface area contributed by atoms with Gasteiger partial charge in [0, 0.05) is 18.8 Å². The minimum absolute atomic E-state index is 0.128. The summed E-state index contributed by atoms with van der Waals surface area (Å²) in [5, 5.41) is 0. The first kappa shape index (κ1) is 14.3. The zero-order valence-electron chi connectivity index (χ0n) is 11.5. The molecule has 1 aliphatic rings. The van der Waals surface area contributed by atoms with Crippen LogP contribution in [0.15, 0.2) is 18.2 Å². The molecule has 0 aliphatic heterocycles. The molecule has 1 aromatic rings. The van der Waals surface area contributed by atoms with Crippen LogP contribution in [0.1, 0.15) is 38.2 Å². The summed E-state index contributed by atoms with van der Waals surface area (Å²) in [6.45, 7) is 2.26. The van der Waals surface area contributed by atoms with Gasteiger partial charge in [0.15, 0.2) is 0 Å². The third-order valence-corrected chi connectivity index (χ3v) is 4.39. The van der Waals surface area contributed by atoms with Crippen molar-refractivity contribution in [3.05, 3.63) is 29.6 Å². The van der Waals surface area contributed by atoms with Gasteiger partial charge in [0.25, 0.3) is 0 Å². The second-order valence-corrected chi connectivity index (χ2v) is 5.88. The van der Waals surface area contributed by atoms with E-state index in [0.717, 1.165) is 12.1 Å². The molecule has 1 aromatic carbocycles. The lowest BCUT2D eigenvalue weighted by molar-refractivity contribution is 0.321. The highest BCUT2D eigenvalue weighted by molar-refractivity contribution is 7.80. The fourth-order valence-electron chi connectivity index (χ4n) is 3.10. The standard InChI is InChI=1S/C15H21FN2S/c1-10-6-3-4-8-12(10)18(2)13-9-5-7-11(16)14(13)15(17)19/h5,7,9-10,12H,3-4,6,8H2,1-2H3,(H2,17,19). The van der Waals surface area contributed by atoms with E-state index < -0.39 is 0 Å². The normalized spacial score (nSPS) is 23.1. The van der Waals surface area contributed by atoms with Crippen LogP contribution in [-0.2, 0) is 0 Å². The molecule has 1 saturated carbocycles. The van der Waals surface area contributed by atoms with E-state index in [1.54, 1.807) is 6.07 Å². The predicted octanol–water partition coefficient (Wildman–Crippen LogP) is 3.47. The summed E-state index contributed by atoms with van der Waals surface area (Å²) in [6, 6.07) is 5.47. The molecule has 2 nitrogen and oxygen atoms in total. The van der Waals surface area contributed by atoms with Gasteiger partial charge < -0.3 is 10.6 Å². The van der Waals surface area contributed by atoms with Crippen molar-refractivity contribution in [1.29, 1.82) is 0 Å². The molecule has 2 atom stereocenters. The highest BCUT2D eigenvalue weighted by Gasteiger charge is 2.27. The first-order chi connectivity index (χ1) is 9.02. The maximum atomic E-state index is 13.9. The van der Waals surface area contributed by atoms with Crippen LogP contribution < -0.4 is 10.6 Å². The number of anilines is 1. The Kier molecular flexibility index (Phi) is 4.40. The predicted molar refractivity (Wildman–Crippen MR) is 82.1 cm³/mol. The summed E-state index contributed by atoms with van der Waals surface area (Å²) in [5.74, 6) is 0.279. The molecule has 19 heavy (non-hydrogen) atoms. The highest BCUT2D eigenvalue weighted by atomic mass is 32.1. The lowest BCUT2D eigenvalue weighted by Gasteiger charge is -2.38. The number of benzene rings is 1. The zero-order valence-corrected chi connectivity index (χ0v) is 12.3. The van der Waals surface area contributed by atoms with E-state index in [1.165, 1.54) is 25.3 Å². The summed E-state index contributed by atoms with van der Waals surface area (Å²) in [4.78, 5) is 2.28. The lowest BCUT2D eigenvalue weighted by atomic mass is 9.84. The molecule has 2 rings (SSSR count). The smallest absolute Gasteiger partial charge is 0.135 e. The number of hydrogen-bond donors (Lipinski definition) is 1. The number of halogens is 1. The Bertz CT molecular complexity index is 475. The molecule has 0 aromatic heterocycles. The zero-order chi connectivity index (χ0) is 14.0. The van der Waals surface area contributed by atoms with Crippen molar-refractivity contribution in [2.75, 3.05) is 11.9 Å². The Balaban J connectivity index is 2.35. The van der Waals surface area contributed by atoms with Crippen molar-refractivity contribution in [3.63, 3.8) is 0 Å². The van der Waals surface area contributed by atoms with Crippen LogP contribution in [0.3, 0.4) is 0 Å². The van der Waals surface area contributed by atoms with Gasteiger partial charge in [0.05, 0.1) is 5.56 Å². The van der Waals surface area contributed by atoms with Gasteiger partial charge in [0.2, 0.25) is 0 Å². The van der Waals surface area contributed by atoms with E-state index in [9.17, 15) is 4.39 Å². The Morgan fingerprint density at radius 1 is 1.37 bits per heavy atom. The third kappa shape index (κ3) is 2.89. The number of rotatable bonds is 3. The molecule has 0 spiro atoms. The summed E-state index contributed by atoms with van der Waals surface area (Å²) >= 11 is 5.00. The van der Waals surface area contributed by atoms with Gasteiger partial charge in [-0.25, -0.2) is 4.39 Å². The number of nitrogens with zero attached hydrogens (tertiary/aromatic N) is 1. The minimum atomic E-state index is -0.333. The quantitative estimate of drug-likeness (QED) is 0.860. The van der Waals surface area contributed by atoms with Crippen molar-refractivity contribution in [2.24, 2.45) is 11.7 Å². The second kappa shape index (κ2) is 5.87. The SMILES string of the molecule is CC1CCCCC1N(C)c1cccc(F)c1C(N)=S. The van der Waals surface area contributed by atoms with Crippen molar-refractivity contribution in [2.45, 2.75) is 38.6 Å². The molecule has 1 fully saturated rings. The molecular weight excluding hydrogens is 259 g/mol. The molecular formula is C15H21FN2S. The van der Waals surface area contributed by atoms with Crippen LogP contribution in [0.4, 0.5) is 10.1 Å². The minimum Gasteiger partial charge on any atom is -0.389 e. The first-order valence-electron chi connectivity index (χ1n) is 6.83. The van der Waals surface area contributed by atoms with E-state index in [1.807, 2.05) is 13.1 Å². The molecule has 0 radical (unpaired) electrons. The van der Waals surface area contributed by atoms with Crippen molar-refractivity contribution in [1.82, 2.24) is 0 Å². The van der Waals surface area contributed by atoms with Crippen LogP contribution in [0.5, 0.6) is 0 Å². The topological polar surface area (TPSA) is 29.3 Å². The van der Waals surface area contributed by atoms with E-state index in [4.69, 9.17) is 18.0 Å². The molecule has 0 amide bonds. The monoisotopic (exact) mass is 280 g/mol. The molecule has 1 aliphatic carbocycles. The van der Waals surface area contributed by atoms with E-state index in [2.05, 4.69) is 11.8 Å². The van der Waals surface area contributed by atoms with E-state index in [0.29, 0.717) is 17.5 Å². The largest absolute Gasteiger partial charge is 0.389 e. The van der Waals surface area contributed by atoms with Gasteiger partial charge in [-0.05, 0) is 30.9 Å². The van der Waals surface area contributed by atoms with Gasteiger partial charge >= 0.3 is 0 Å². The summed E-state index contributed by atoms with van der Waals surface area (Å²) in [7, 11) is 2.02. The number of nitrogens with two attached hydrogens (primary N) is 1. The Hall–Kier alpha value is -1.16.